The van der Waals surface area contributed by atoms with E-state index in [1.54, 1.807) is 36.7 Å². The Morgan fingerprint density at radius 3 is 2.43 bits per heavy atom. The number of ether oxygens (including phenoxy) is 1. The molecule has 1 unspecified atom stereocenters. The van der Waals surface area contributed by atoms with Crippen LogP contribution in [0.5, 0.6) is 0 Å². The fourth-order valence-electron chi connectivity index (χ4n) is 10.1. The molecular formula is C48H55FN10O8S. The summed E-state index contributed by atoms with van der Waals surface area (Å²) in [5.74, 6) is -1.69. The number of hydrogen-bond donors (Lipinski definition) is 3. The number of piperidine rings is 3. The first-order valence-electron chi connectivity index (χ1n) is 23.1. The predicted octanol–water partition coefficient (Wildman–Crippen LogP) is 4.89. The molecule has 4 saturated heterocycles. The van der Waals surface area contributed by atoms with Gasteiger partial charge in [-0.3, -0.25) is 34.2 Å². The second kappa shape index (κ2) is 18.5. The zero-order valence-electron chi connectivity index (χ0n) is 38.4. The third-order valence-corrected chi connectivity index (χ3v) is 14.8. The van der Waals surface area contributed by atoms with Gasteiger partial charge < -0.3 is 30.1 Å². The number of alkyl halides is 1. The van der Waals surface area contributed by atoms with E-state index >= 15 is 4.39 Å². The number of aromatic nitrogens is 3. The van der Waals surface area contributed by atoms with E-state index < -0.39 is 51.8 Å². The number of amides is 5. The Balaban J connectivity index is 0.830. The van der Waals surface area contributed by atoms with Crippen molar-refractivity contribution in [2.24, 2.45) is 5.92 Å². The largest absolute Gasteiger partial charge is 0.372 e. The smallest absolute Gasteiger partial charge is 0.262 e. The highest BCUT2D eigenvalue weighted by atomic mass is 32.2. The van der Waals surface area contributed by atoms with Crippen molar-refractivity contribution in [3.05, 3.63) is 78.1 Å². The fourth-order valence-corrected chi connectivity index (χ4v) is 11.3. The molecule has 0 bridgehead atoms. The minimum absolute atomic E-state index is 0.0477. The number of halogens is 1. The molecule has 0 spiro atoms. The zero-order chi connectivity index (χ0) is 48.2. The molecule has 0 radical (unpaired) electrons. The molecule has 0 saturated carbocycles. The lowest BCUT2D eigenvalue weighted by Crippen LogP contribution is -2.57. The average molecular weight is 951 g/mol. The van der Waals surface area contributed by atoms with Crippen molar-refractivity contribution >= 4 is 84.8 Å². The highest BCUT2D eigenvalue weighted by Gasteiger charge is 2.45. The minimum Gasteiger partial charge on any atom is -0.372 e. The van der Waals surface area contributed by atoms with Gasteiger partial charge >= 0.3 is 0 Å². The molecule has 0 aliphatic carbocycles. The average Bonchev–Trinajstić information content (AvgIpc) is 3.55. The van der Waals surface area contributed by atoms with E-state index in [2.05, 4.69) is 42.3 Å². The first-order valence-corrected chi connectivity index (χ1v) is 25.1. The van der Waals surface area contributed by atoms with Crippen molar-refractivity contribution in [1.29, 1.82) is 0 Å². The maximum atomic E-state index is 15.9. The van der Waals surface area contributed by atoms with Gasteiger partial charge in [-0.15, -0.1) is 0 Å². The SMILES string of the molecule is C=CC(=O)Nc1cc(N2C[C@H](CS(C)(=O)=O)[C@H]2C)c2cnc(Nc3ccnc(N4CC[C@@H](OC5CCN(c6ccc7c(c6)C(=O)N(C6CCC(=O)NC6=O)C7=O)CC5)[C@@H](F)C4)c3)nc2c1C(C)C. The minimum atomic E-state index is -3.17. The van der Waals surface area contributed by atoms with Crippen LogP contribution in [-0.2, 0) is 29.0 Å². The molecule has 2 aromatic heterocycles. The fraction of sp³-hybridized carbons (Fsp3) is 0.458. The number of carbonyl (C=O) groups is 5. The Bertz CT molecular complexity index is 2840. The van der Waals surface area contributed by atoms with Crippen LogP contribution in [0.25, 0.3) is 10.9 Å². The van der Waals surface area contributed by atoms with Crippen LogP contribution >= 0.6 is 0 Å². The molecule has 5 aliphatic rings. The van der Waals surface area contributed by atoms with Crippen LogP contribution in [0.2, 0.25) is 0 Å². The third-order valence-electron chi connectivity index (χ3n) is 13.7. The topological polar surface area (TPSA) is 216 Å². The van der Waals surface area contributed by atoms with Crippen LogP contribution in [0, 0.1) is 5.92 Å². The molecule has 18 nitrogen and oxygen atoms in total. The van der Waals surface area contributed by atoms with Gasteiger partial charge in [0.2, 0.25) is 23.7 Å². The highest BCUT2D eigenvalue weighted by Crippen LogP contribution is 2.43. The second-order valence-corrected chi connectivity index (χ2v) is 20.9. The maximum absolute atomic E-state index is 15.9. The molecule has 358 valence electrons. The number of sulfone groups is 1. The highest BCUT2D eigenvalue weighted by molar-refractivity contribution is 7.90. The van der Waals surface area contributed by atoms with Crippen molar-refractivity contribution in [3.63, 3.8) is 0 Å². The molecular weight excluding hydrogens is 896 g/mol. The number of benzene rings is 2. The quantitative estimate of drug-likeness (QED) is 0.120. The van der Waals surface area contributed by atoms with Gasteiger partial charge in [0.25, 0.3) is 11.8 Å². The molecule has 5 atom stereocenters. The number of pyridine rings is 1. The molecule has 5 amide bonds. The van der Waals surface area contributed by atoms with Crippen LogP contribution in [0.3, 0.4) is 0 Å². The molecule has 3 N–H and O–H groups in total. The van der Waals surface area contributed by atoms with Gasteiger partial charge in [0.05, 0.1) is 46.8 Å². The summed E-state index contributed by atoms with van der Waals surface area (Å²) in [5.41, 5.74) is 4.66. The second-order valence-electron chi connectivity index (χ2n) is 18.7. The number of hydrogen-bond acceptors (Lipinski definition) is 15. The van der Waals surface area contributed by atoms with Gasteiger partial charge in [-0.1, -0.05) is 20.4 Å². The van der Waals surface area contributed by atoms with E-state index in [1.165, 1.54) is 12.3 Å². The van der Waals surface area contributed by atoms with Gasteiger partial charge in [0.1, 0.15) is 27.9 Å². The number of carbonyl (C=O) groups excluding carboxylic acids is 5. The zero-order valence-corrected chi connectivity index (χ0v) is 39.2. The lowest BCUT2D eigenvalue weighted by Gasteiger charge is -2.48. The summed E-state index contributed by atoms with van der Waals surface area (Å²) in [4.78, 5) is 84.7. The van der Waals surface area contributed by atoms with Crippen molar-refractivity contribution < 1.29 is 41.5 Å². The normalized spacial score (nSPS) is 23.5. The summed E-state index contributed by atoms with van der Waals surface area (Å²) in [7, 11) is -3.17. The van der Waals surface area contributed by atoms with Gasteiger partial charge in [-0.25, -0.2) is 27.8 Å². The van der Waals surface area contributed by atoms with Gasteiger partial charge in [-0.05, 0) is 74.9 Å². The molecule has 7 heterocycles. The Labute approximate surface area is 393 Å². The van der Waals surface area contributed by atoms with E-state index in [0.29, 0.717) is 74.1 Å². The number of nitrogens with one attached hydrogen (secondary N) is 3. The van der Waals surface area contributed by atoms with Crippen molar-refractivity contribution in [2.45, 2.75) is 89.3 Å². The molecule has 68 heavy (non-hydrogen) atoms. The summed E-state index contributed by atoms with van der Waals surface area (Å²) in [6.07, 6.45) is 5.67. The Kier molecular flexibility index (Phi) is 12.7. The molecule has 5 aliphatic heterocycles. The summed E-state index contributed by atoms with van der Waals surface area (Å²) in [6, 6.07) is 9.48. The molecule has 4 fully saturated rings. The van der Waals surface area contributed by atoms with Crippen molar-refractivity contribution in [1.82, 2.24) is 25.2 Å². The first-order chi connectivity index (χ1) is 32.5. The standard InChI is InChI=1S/C48H55FN10O8S/c1-6-41(60)53-36-21-38(58-23-28(27(58)4)25-68(5,65)66)34-22-51-48(55-44(34)43(36)26(2)3)52-29-11-15-50-40(19-29)57-18-14-39(35(49)24-57)67-31-12-16-56(17-13-31)30-7-8-32-33(20-30)47(64)59(46(32)63)37-9-10-42(61)54-45(37)62/h6-8,11,15,19-22,26-28,31,35,37,39H,1,9-10,12-14,16-18,23-25H2,2-5H3,(H,53,60)(H,54,61,62)(H,50,51,52,55)/t27-,28-,35+,37?,39-/m1/s1. The first kappa shape index (κ1) is 46.6. The monoisotopic (exact) mass is 950 g/mol. The summed E-state index contributed by atoms with van der Waals surface area (Å²) in [5, 5.41) is 9.24. The van der Waals surface area contributed by atoms with Crippen LogP contribution < -0.4 is 30.7 Å². The third kappa shape index (κ3) is 9.22. The van der Waals surface area contributed by atoms with Gasteiger partial charge in [0.15, 0.2) is 0 Å². The van der Waals surface area contributed by atoms with Crippen LogP contribution in [0.4, 0.5) is 38.9 Å². The Hall–Kier alpha value is -6.54. The van der Waals surface area contributed by atoms with Crippen molar-refractivity contribution in [3.8, 4) is 0 Å². The lowest BCUT2D eigenvalue weighted by molar-refractivity contribution is -0.136. The number of rotatable bonds is 13. The molecule has 20 heteroatoms. The predicted molar refractivity (Wildman–Crippen MR) is 255 cm³/mol. The van der Waals surface area contributed by atoms with Crippen LogP contribution in [-0.4, -0.2) is 133 Å². The molecule has 2 aromatic carbocycles. The number of anilines is 6. The summed E-state index contributed by atoms with van der Waals surface area (Å²) >= 11 is 0. The Morgan fingerprint density at radius 1 is 0.985 bits per heavy atom. The maximum Gasteiger partial charge on any atom is 0.262 e. The molecule has 9 rings (SSSR count). The van der Waals surface area contributed by atoms with Crippen molar-refractivity contribution in [2.75, 3.05) is 70.1 Å². The lowest BCUT2D eigenvalue weighted by atomic mass is 9.89. The Morgan fingerprint density at radius 2 is 1.74 bits per heavy atom. The van der Waals surface area contributed by atoms with E-state index in [0.717, 1.165) is 27.2 Å². The van der Waals surface area contributed by atoms with E-state index in [4.69, 9.17) is 9.72 Å². The summed E-state index contributed by atoms with van der Waals surface area (Å²) < 4.78 is 46.6. The van der Waals surface area contributed by atoms with Gasteiger partial charge in [-0.2, -0.15) is 0 Å². The van der Waals surface area contributed by atoms with E-state index in [1.807, 2.05) is 37.8 Å². The number of imide groups is 2. The van der Waals surface area contributed by atoms with E-state index in [-0.39, 0.29) is 66.2 Å². The summed E-state index contributed by atoms with van der Waals surface area (Å²) in [6.45, 7) is 12.0. The van der Waals surface area contributed by atoms with Crippen LogP contribution in [0.1, 0.15) is 85.1 Å². The van der Waals surface area contributed by atoms with Gasteiger partial charge in [0, 0.05) is 97.3 Å². The molecule has 4 aromatic rings. The number of nitrogens with zero attached hydrogens (tertiary/aromatic N) is 7. The van der Waals surface area contributed by atoms with E-state index in [9.17, 15) is 32.4 Å². The van der Waals surface area contributed by atoms with Crippen LogP contribution in [0.15, 0.2) is 61.4 Å². The number of fused-ring (bicyclic) bond motifs is 2.